The molecule has 1 fully saturated rings. The van der Waals surface area contributed by atoms with E-state index in [-0.39, 0.29) is 5.38 Å². The molecule has 0 unspecified atom stereocenters. The second kappa shape index (κ2) is 4.17. The van der Waals surface area contributed by atoms with Gasteiger partial charge in [-0.05, 0) is 31.8 Å². The summed E-state index contributed by atoms with van der Waals surface area (Å²) in [5, 5.41) is 9.81. The zero-order chi connectivity index (χ0) is 9.90. The van der Waals surface area contributed by atoms with Crippen LogP contribution in [0.25, 0.3) is 0 Å². The average Bonchev–Trinajstić information content (AvgIpc) is 2.07. The fourth-order valence-electron chi connectivity index (χ4n) is 1.47. The van der Waals surface area contributed by atoms with E-state index in [2.05, 4.69) is 18.4 Å². The van der Waals surface area contributed by atoms with Crippen molar-refractivity contribution in [1.82, 2.24) is 0 Å². The molecule has 0 aromatic carbocycles. The van der Waals surface area contributed by atoms with Gasteiger partial charge in [0.05, 0.1) is 5.38 Å². The Hall–Kier alpha value is -0.450. The van der Waals surface area contributed by atoms with Crippen molar-refractivity contribution in [3.8, 4) is 11.8 Å². The summed E-state index contributed by atoms with van der Waals surface area (Å²) >= 11 is 6.03. The molecule has 1 N–H and O–H groups in total. The molecule has 1 aliphatic carbocycles. The van der Waals surface area contributed by atoms with Crippen LogP contribution < -0.4 is 0 Å². The van der Waals surface area contributed by atoms with E-state index < -0.39 is 5.60 Å². The van der Waals surface area contributed by atoms with E-state index in [4.69, 9.17) is 11.6 Å². The maximum atomic E-state index is 10.0. The smallest absolute Gasteiger partial charge is 0.142 e. The van der Waals surface area contributed by atoms with Gasteiger partial charge in [0.15, 0.2) is 0 Å². The lowest BCUT2D eigenvalue weighted by atomic mass is 9.85. The summed E-state index contributed by atoms with van der Waals surface area (Å²) < 4.78 is 0. The maximum absolute atomic E-state index is 10.0. The van der Waals surface area contributed by atoms with Crippen molar-refractivity contribution in [2.75, 3.05) is 0 Å². The lowest BCUT2D eigenvalue weighted by Crippen LogP contribution is -2.40. The second-order valence-corrected chi connectivity index (χ2v) is 4.19. The molecule has 0 spiro atoms. The second-order valence-electron chi connectivity index (χ2n) is 3.67. The summed E-state index contributed by atoms with van der Waals surface area (Å²) in [6.07, 6.45) is 3.63. The van der Waals surface area contributed by atoms with Gasteiger partial charge in [-0.3, -0.25) is 0 Å². The van der Waals surface area contributed by atoms with Crippen molar-refractivity contribution in [3.05, 3.63) is 12.2 Å². The molecule has 0 radical (unpaired) electrons. The standard InChI is InChI=1S/C11H15ClO/c1-9(2)6-8-11(13)7-4-3-5-10(11)12/h10,13H,1,3-5,7H2,2H3/t10-,11+/m1/s1. The summed E-state index contributed by atoms with van der Waals surface area (Å²) in [7, 11) is 0. The first kappa shape index (κ1) is 10.6. The molecule has 1 aliphatic rings. The zero-order valence-electron chi connectivity index (χ0n) is 7.94. The van der Waals surface area contributed by atoms with Crippen LogP contribution in [0, 0.1) is 11.8 Å². The Kier molecular flexibility index (Phi) is 3.41. The number of rotatable bonds is 0. The topological polar surface area (TPSA) is 20.2 Å². The highest BCUT2D eigenvalue weighted by atomic mass is 35.5. The van der Waals surface area contributed by atoms with Gasteiger partial charge in [0.25, 0.3) is 0 Å². The van der Waals surface area contributed by atoms with Crippen molar-refractivity contribution < 1.29 is 5.11 Å². The molecule has 13 heavy (non-hydrogen) atoms. The fourth-order valence-corrected chi connectivity index (χ4v) is 1.79. The molecule has 2 atom stereocenters. The molecule has 1 rings (SSSR count). The molecule has 72 valence electrons. The summed E-state index contributed by atoms with van der Waals surface area (Å²) in [4.78, 5) is 0. The first-order chi connectivity index (χ1) is 6.04. The van der Waals surface area contributed by atoms with Crippen LogP contribution in [-0.4, -0.2) is 16.1 Å². The molecular formula is C11H15ClO. The van der Waals surface area contributed by atoms with Crippen molar-refractivity contribution in [1.29, 1.82) is 0 Å². The largest absolute Gasteiger partial charge is 0.376 e. The van der Waals surface area contributed by atoms with Gasteiger partial charge in [-0.25, -0.2) is 0 Å². The number of allylic oxidation sites excluding steroid dienone is 1. The third-order valence-corrected chi connectivity index (χ3v) is 2.86. The molecule has 0 aliphatic heterocycles. The predicted octanol–water partition coefficient (Wildman–Crippen LogP) is 2.48. The van der Waals surface area contributed by atoms with Crippen molar-refractivity contribution >= 4 is 11.6 Å². The highest BCUT2D eigenvalue weighted by Gasteiger charge is 2.35. The third-order valence-electron chi connectivity index (χ3n) is 2.28. The van der Waals surface area contributed by atoms with E-state index in [9.17, 15) is 5.11 Å². The Morgan fingerprint density at radius 3 is 2.85 bits per heavy atom. The molecule has 0 aromatic rings. The van der Waals surface area contributed by atoms with E-state index in [1.54, 1.807) is 0 Å². The van der Waals surface area contributed by atoms with Gasteiger partial charge in [-0.15, -0.1) is 11.6 Å². The Balaban J connectivity index is 2.74. The van der Waals surface area contributed by atoms with E-state index in [0.717, 1.165) is 24.8 Å². The van der Waals surface area contributed by atoms with Gasteiger partial charge in [-0.1, -0.05) is 24.8 Å². The van der Waals surface area contributed by atoms with Crippen LogP contribution in [0.2, 0.25) is 0 Å². The van der Waals surface area contributed by atoms with Crippen molar-refractivity contribution in [3.63, 3.8) is 0 Å². The summed E-state index contributed by atoms with van der Waals surface area (Å²) in [6.45, 7) is 5.49. The Bertz CT molecular complexity index is 261. The SMILES string of the molecule is C=C(C)C#C[C@@]1(O)CCCC[C@H]1Cl. The molecule has 0 saturated heterocycles. The highest BCUT2D eigenvalue weighted by molar-refractivity contribution is 6.21. The number of hydrogen-bond donors (Lipinski definition) is 1. The predicted molar refractivity (Wildman–Crippen MR) is 55.6 cm³/mol. The van der Waals surface area contributed by atoms with Gasteiger partial charge in [0.1, 0.15) is 5.60 Å². The lowest BCUT2D eigenvalue weighted by molar-refractivity contribution is 0.0653. The summed E-state index contributed by atoms with van der Waals surface area (Å²) in [5.74, 6) is 5.63. The van der Waals surface area contributed by atoms with Crippen LogP contribution in [0.5, 0.6) is 0 Å². The first-order valence-corrected chi connectivity index (χ1v) is 5.03. The number of halogens is 1. The molecule has 0 heterocycles. The third kappa shape index (κ3) is 2.76. The minimum atomic E-state index is -0.987. The minimum Gasteiger partial charge on any atom is -0.376 e. The van der Waals surface area contributed by atoms with Gasteiger partial charge in [0.2, 0.25) is 0 Å². The van der Waals surface area contributed by atoms with Crippen molar-refractivity contribution in [2.45, 2.75) is 43.6 Å². The van der Waals surface area contributed by atoms with Crippen LogP contribution in [0.4, 0.5) is 0 Å². The summed E-state index contributed by atoms with van der Waals surface area (Å²) in [5.41, 5.74) is -0.221. The molecule has 2 heteroatoms. The van der Waals surface area contributed by atoms with Crippen LogP contribution in [0.3, 0.4) is 0 Å². The Morgan fingerprint density at radius 1 is 1.62 bits per heavy atom. The minimum absolute atomic E-state index is 0.229. The van der Waals surface area contributed by atoms with E-state index in [1.165, 1.54) is 0 Å². The van der Waals surface area contributed by atoms with Crippen LogP contribution in [0.15, 0.2) is 12.2 Å². The van der Waals surface area contributed by atoms with Gasteiger partial charge < -0.3 is 5.11 Å². The number of hydrogen-bond acceptors (Lipinski definition) is 1. The maximum Gasteiger partial charge on any atom is 0.142 e. The lowest BCUT2D eigenvalue weighted by Gasteiger charge is -2.31. The molecule has 0 amide bonds. The molecule has 0 bridgehead atoms. The van der Waals surface area contributed by atoms with Crippen LogP contribution >= 0.6 is 11.6 Å². The fraction of sp³-hybridized carbons (Fsp3) is 0.636. The number of aliphatic hydroxyl groups is 1. The number of alkyl halides is 1. The quantitative estimate of drug-likeness (QED) is 0.469. The van der Waals surface area contributed by atoms with Crippen LogP contribution in [0.1, 0.15) is 32.6 Å². The van der Waals surface area contributed by atoms with E-state index in [0.29, 0.717) is 6.42 Å². The summed E-state index contributed by atoms with van der Waals surface area (Å²) in [6, 6.07) is 0. The Labute approximate surface area is 84.8 Å². The van der Waals surface area contributed by atoms with Crippen LogP contribution in [-0.2, 0) is 0 Å². The zero-order valence-corrected chi connectivity index (χ0v) is 8.69. The monoisotopic (exact) mass is 198 g/mol. The van der Waals surface area contributed by atoms with Crippen molar-refractivity contribution in [2.24, 2.45) is 0 Å². The first-order valence-electron chi connectivity index (χ1n) is 4.60. The van der Waals surface area contributed by atoms with Gasteiger partial charge >= 0.3 is 0 Å². The normalized spacial score (nSPS) is 33.3. The highest BCUT2D eigenvalue weighted by Crippen LogP contribution is 2.31. The van der Waals surface area contributed by atoms with Gasteiger partial charge in [-0.2, -0.15) is 0 Å². The van der Waals surface area contributed by atoms with E-state index in [1.807, 2.05) is 6.92 Å². The van der Waals surface area contributed by atoms with Gasteiger partial charge in [0, 0.05) is 0 Å². The molecule has 0 aromatic heterocycles. The molecular weight excluding hydrogens is 184 g/mol. The van der Waals surface area contributed by atoms with E-state index >= 15 is 0 Å². The molecule has 1 saturated carbocycles. The molecule has 1 nitrogen and oxygen atoms in total. The average molecular weight is 199 g/mol. The Morgan fingerprint density at radius 2 is 2.31 bits per heavy atom.